The summed E-state index contributed by atoms with van der Waals surface area (Å²) < 4.78 is 5.95. The fourth-order valence-corrected chi connectivity index (χ4v) is 1.96. The molecule has 88 valence electrons. The molecule has 0 radical (unpaired) electrons. The Balaban J connectivity index is 2.97. The van der Waals surface area contributed by atoms with Crippen LogP contribution in [0.25, 0.3) is 0 Å². The third-order valence-corrected chi connectivity index (χ3v) is 3.01. The number of amides is 1. The van der Waals surface area contributed by atoms with Crippen LogP contribution in [0.2, 0.25) is 0 Å². The number of hydrogen-bond acceptors (Lipinski definition) is 3. The average molecular weight is 287 g/mol. The van der Waals surface area contributed by atoms with Gasteiger partial charge in [-0.05, 0) is 40.5 Å². The fraction of sp³-hybridized carbons (Fsp3) is 0.364. The molecular formula is C11H15BrN2O2. The van der Waals surface area contributed by atoms with Crippen molar-refractivity contribution in [1.29, 1.82) is 0 Å². The molecule has 1 atom stereocenters. The lowest BCUT2D eigenvalue weighted by molar-refractivity contribution is -0.131. The van der Waals surface area contributed by atoms with E-state index in [0.717, 1.165) is 20.8 Å². The van der Waals surface area contributed by atoms with E-state index in [1.54, 1.807) is 7.11 Å². The van der Waals surface area contributed by atoms with Crippen molar-refractivity contribution in [3.05, 3.63) is 28.2 Å². The van der Waals surface area contributed by atoms with Gasteiger partial charge in [-0.3, -0.25) is 9.80 Å². The van der Waals surface area contributed by atoms with E-state index < -0.39 is 0 Å². The van der Waals surface area contributed by atoms with Gasteiger partial charge in [0.05, 0.1) is 17.5 Å². The van der Waals surface area contributed by atoms with E-state index in [1.807, 2.05) is 25.1 Å². The Bertz CT molecular complexity index is 394. The van der Waals surface area contributed by atoms with Crippen LogP contribution in [-0.4, -0.2) is 25.1 Å². The zero-order chi connectivity index (χ0) is 12.3. The van der Waals surface area contributed by atoms with E-state index in [9.17, 15) is 4.79 Å². The van der Waals surface area contributed by atoms with E-state index in [0.29, 0.717) is 0 Å². The fourth-order valence-electron chi connectivity index (χ4n) is 1.40. The summed E-state index contributed by atoms with van der Waals surface area (Å²) in [5.74, 6) is 5.76. The Kier molecular flexibility index (Phi) is 4.32. The number of methoxy groups -OCH3 is 1. The van der Waals surface area contributed by atoms with Crippen LogP contribution in [0.5, 0.6) is 5.75 Å². The maximum absolute atomic E-state index is 11.7. The topological polar surface area (TPSA) is 55.6 Å². The van der Waals surface area contributed by atoms with Gasteiger partial charge in [0, 0.05) is 7.05 Å². The van der Waals surface area contributed by atoms with Crippen LogP contribution in [0.1, 0.15) is 18.4 Å². The number of hydrazine groups is 1. The van der Waals surface area contributed by atoms with Gasteiger partial charge in [-0.2, -0.15) is 0 Å². The van der Waals surface area contributed by atoms with Gasteiger partial charge >= 0.3 is 0 Å². The number of carbonyl (C=O) groups excluding carboxylic acids is 1. The van der Waals surface area contributed by atoms with Crippen molar-refractivity contribution < 1.29 is 9.53 Å². The Morgan fingerprint density at radius 3 is 2.62 bits per heavy atom. The highest BCUT2D eigenvalue weighted by Crippen LogP contribution is 2.29. The van der Waals surface area contributed by atoms with E-state index in [4.69, 9.17) is 10.6 Å². The molecular weight excluding hydrogens is 272 g/mol. The first-order valence-electron chi connectivity index (χ1n) is 4.83. The van der Waals surface area contributed by atoms with Crippen LogP contribution in [0.4, 0.5) is 0 Å². The first-order valence-corrected chi connectivity index (χ1v) is 5.62. The number of hydrogen-bond donors (Lipinski definition) is 1. The maximum atomic E-state index is 11.7. The minimum Gasteiger partial charge on any atom is -0.496 e. The summed E-state index contributed by atoms with van der Waals surface area (Å²) in [6.45, 7) is 1.82. The van der Waals surface area contributed by atoms with Gasteiger partial charge < -0.3 is 4.74 Å². The van der Waals surface area contributed by atoms with Crippen molar-refractivity contribution in [2.24, 2.45) is 5.84 Å². The van der Waals surface area contributed by atoms with E-state index in [2.05, 4.69) is 15.9 Å². The monoisotopic (exact) mass is 286 g/mol. The standard InChI is InChI=1S/C11H15BrN2O2/c1-7(11(15)14(2)13)8-4-5-10(16-3)9(12)6-8/h4-7H,13H2,1-3H3. The predicted octanol–water partition coefficient (Wildman–Crippen LogP) is 1.89. The molecule has 0 saturated carbocycles. The minimum absolute atomic E-state index is 0.128. The zero-order valence-electron chi connectivity index (χ0n) is 9.53. The molecule has 4 nitrogen and oxygen atoms in total. The van der Waals surface area contributed by atoms with Crippen LogP contribution in [0.15, 0.2) is 22.7 Å². The predicted molar refractivity (Wildman–Crippen MR) is 66.1 cm³/mol. The molecule has 2 N–H and O–H groups in total. The second-order valence-electron chi connectivity index (χ2n) is 3.56. The maximum Gasteiger partial charge on any atom is 0.243 e. The lowest BCUT2D eigenvalue weighted by Crippen LogP contribution is -2.36. The molecule has 5 heteroatoms. The normalized spacial score (nSPS) is 12.1. The van der Waals surface area contributed by atoms with Crippen LogP contribution < -0.4 is 10.6 Å². The number of nitrogens with two attached hydrogens (primary N) is 1. The van der Waals surface area contributed by atoms with Crippen LogP contribution in [0, 0.1) is 0 Å². The van der Waals surface area contributed by atoms with Gasteiger partial charge in [0.1, 0.15) is 5.75 Å². The smallest absolute Gasteiger partial charge is 0.243 e. The molecule has 0 aliphatic carbocycles. The molecule has 0 aromatic heterocycles. The summed E-state index contributed by atoms with van der Waals surface area (Å²) in [5, 5.41) is 1.10. The highest BCUT2D eigenvalue weighted by Gasteiger charge is 2.18. The third-order valence-electron chi connectivity index (χ3n) is 2.39. The van der Waals surface area contributed by atoms with Gasteiger partial charge in [-0.25, -0.2) is 5.84 Å². The Hall–Kier alpha value is -1.07. The Labute approximate surface area is 103 Å². The molecule has 1 unspecified atom stereocenters. The lowest BCUT2D eigenvalue weighted by Gasteiger charge is -2.17. The van der Waals surface area contributed by atoms with Crippen molar-refractivity contribution in [1.82, 2.24) is 5.01 Å². The quantitative estimate of drug-likeness (QED) is 0.525. The number of likely N-dealkylation sites (N-methyl/N-ethyl adjacent to an activating group) is 1. The number of halogens is 1. The lowest BCUT2D eigenvalue weighted by atomic mass is 10.0. The Morgan fingerprint density at radius 2 is 2.19 bits per heavy atom. The summed E-state index contributed by atoms with van der Waals surface area (Å²) in [4.78, 5) is 11.7. The molecule has 16 heavy (non-hydrogen) atoms. The third kappa shape index (κ3) is 2.74. The summed E-state index contributed by atoms with van der Waals surface area (Å²) in [7, 11) is 3.14. The van der Waals surface area contributed by atoms with Gasteiger partial charge in [-0.1, -0.05) is 6.07 Å². The molecule has 0 bridgehead atoms. The van der Waals surface area contributed by atoms with Crippen LogP contribution in [0.3, 0.4) is 0 Å². The molecule has 1 aromatic rings. The number of carbonyl (C=O) groups is 1. The molecule has 0 spiro atoms. The molecule has 1 rings (SSSR count). The summed E-state index contributed by atoms with van der Waals surface area (Å²) in [6, 6.07) is 5.54. The van der Waals surface area contributed by atoms with E-state index in [1.165, 1.54) is 7.05 Å². The van der Waals surface area contributed by atoms with Crippen molar-refractivity contribution in [2.45, 2.75) is 12.8 Å². The van der Waals surface area contributed by atoms with E-state index >= 15 is 0 Å². The summed E-state index contributed by atoms with van der Waals surface area (Å²) >= 11 is 3.38. The van der Waals surface area contributed by atoms with Crippen molar-refractivity contribution in [3.8, 4) is 5.75 Å². The number of benzene rings is 1. The van der Waals surface area contributed by atoms with Gasteiger partial charge in [0.25, 0.3) is 0 Å². The average Bonchev–Trinajstić information content (AvgIpc) is 2.26. The molecule has 0 aliphatic heterocycles. The first kappa shape index (κ1) is 13.0. The van der Waals surface area contributed by atoms with Crippen molar-refractivity contribution in [3.63, 3.8) is 0 Å². The Morgan fingerprint density at radius 1 is 1.56 bits per heavy atom. The molecule has 0 saturated heterocycles. The van der Waals surface area contributed by atoms with Gasteiger partial charge in [0.15, 0.2) is 0 Å². The largest absolute Gasteiger partial charge is 0.496 e. The van der Waals surface area contributed by atoms with Crippen molar-refractivity contribution in [2.75, 3.05) is 14.2 Å². The SMILES string of the molecule is COc1ccc(C(C)C(=O)N(C)N)cc1Br. The number of nitrogens with zero attached hydrogens (tertiary/aromatic N) is 1. The molecule has 0 heterocycles. The van der Waals surface area contributed by atoms with Gasteiger partial charge in [-0.15, -0.1) is 0 Å². The van der Waals surface area contributed by atoms with Crippen molar-refractivity contribution >= 4 is 21.8 Å². The van der Waals surface area contributed by atoms with Gasteiger partial charge in [0.2, 0.25) is 5.91 Å². The number of rotatable bonds is 3. The molecule has 1 amide bonds. The molecule has 0 aliphatic rings. The first-order chi connectivity index (χ1) is 7.47. The highest BCUT2D eigenvalue weighted by atomic mass is 79.9. The number of ether oxygens (including phenoxy) is 1. The molecule has 1 aromatic carbocycles. The zero-order valence-corrected chi connectivity index (χ0v) is 11.1. The summed E-state index contributed by atoms with van der Waals surface area (Å²) in [6.07, 6.45) is 0. The van der Waals surface area contributed by atoms with Crippen LogP contribution in [-0.2, 0) is 4.79 Å². The molecule has 0 fully saturated rings. The second-order valence-corrected chi connectivity index (χ2v) is 4.42. The second kappa shape index (κ2) is 5.32. The summed E-state index contributed by atoms with van der Waals surface area (Å²) in [5.41, 5.74) is 0.898. The van der Waals surface area contributed by atoms with E-state index in [-0.39, 0.29) is 11.8 Å². The minimum atomic E-state index is -0.266. The highest BCUT2D eigenvalue weighted by molar-refractivity contribution is 9.10. The van der Waals surface area contributed by atoms with Crippen LogP contribution >= 0.6 is 15.9 Å².